The number of phenols is 1. The zero-order valence-corrected chi connectivity index (χ0v) is 25.9. The first-order valence-electron chi connectivity index (χ1n) is 13.8. The number of thioether (sulfide) groups is 1. The van der Waals surface area contributed by atoms with Crippen molar-refractivity contribution in [1.29, 1.82) is 0 Å². The van der Waals surface area contributed by atoms with Crippen molar-refractivity contribution in [2.75, 3.05) is 11.9 Å². The Labute approximate surface area is 262 Å². The Hall–Kier alpha value is -4.69. The number of nitrogens with zero attached hydrogens (tertiary/aromatic N) is 1. The number of esters is 4. The van der Waals surface area contributed by atoms with Crippen LogP contribution in [0.15, 0.2) is 53.4 Å². The van der Waals surface area contributed by atoms with Crippen molar-refractivity contribution >= 4 is 58.1 Å². The predicted molar refractivity (Wildman–Crippen MR) is 160 cm³/mol. The SMILES string of the molecule is CC(=O)OC[C@H]1O[C@@H](Sc2ccc(NC(=O)c3ccc4ccc(C)nc4c3O)cc2)[C@H](OC(C)=O)[C@@H](OC(C)=O)[C@@H]1OC(C)=O. The van der Waals surface area contributed by atoms with Crippen molar-refractivity contribution in [3.8, 4) is 5.75 Å². The molecular formula is C31H32N2O11S. The standard InChI is InChI=1S/C31H32N2O11S/c1-15-6-7-20-8-13-23(26(38)25(20)32-15)30(39)33-21-9-11-22(12-10-21)45-31-29(43-19(5)37)28(42-18(4)36)27(41-17(3)35)24(44-31)14-40-16(2)34/h6-13,24,27-29,31,38H,14H2,1-5H3,(H,33,39)/t24-,27-,28+,29-,31+/m1/s1. The first-order valence-corrected chi connectivity index (χ1v) is 14.7. The fourth-order valence-corrected chi connectivity index (χ4v) is 5.79. The third kappa shape index (κ3) is 8.48. The fourth-order valence-electron chi connectivity index (χ4n) is 4.69. The Morgan fingerprint density at radius 1 is 0.822 bits per heavy atom. The van der Waals surface area contributed by atoms with Crippen molar-refractivity contribution in [1.82, 2.24) is 4.98 Å². The lowest BCUT2D eigenvalue weighted by Gasteiger charge is -2.44. The molecule has 13 nitrogen and oxygen atoms in total. The average molecular weight is 641 g/mol. The van der Waals surface area contributed by atoms with Gasteiger partial charge in [-0.1, -0.05) is 23.9 Å². The number of rotatable bonds is 9. The maximum Gasteiger partial charge on any atom is 0.303 e. The van der Waals surface area contributed by atoms with E-state index in [1.165, 1.54) is 19.9 Å². The van der Waals surface area contributed by atoms with E-state index in [0.29, 0.717) is 27.2 Å². The first kappa shape index (κ1) is 33.2. The second kappa shape index (κ2) is 14.4. The molecule has 4 rings (SSSR count). The van der Waals surface area contributed by atoms with Gasteiger partial charge in [0, 0.05) is 49.4 Å². The first-order chi connectivity index (χ1) is 21.3. The van der Waals surface area contributed by atoms with Gasteiger partial charge >= 0.3 is 23.9 Å². The van der Waals surface area contributed by atoms with E-state index in [1.54, 1.807) is 43.3 Å². The molecule has 2 N–H and O–H groups in total. The molecule has 2 heterocycles. The van der Waals surface area contributed by atoms with E-state index in [-0.39, 0.29) is 17.9 Å². The fraction of sp³-hybridized carbons (Fsp3) is 0.355. The molecule has 14 heteroatoms. The van der Waals surface area contributed by atoms with Crippen LogP contribution in [0.5, 0.6) is 5.75 Å². The summed E-state index contributed by atoms with van der Waals surface area (Å²) in [6.45, 7) is 6.11. The van der Waals surface area contributed by atoms with Gasteiger partial charge in [0.2, 0.25) is 0 Å². The molecule has 5 atom stereocenters. The highest BCUT2D eigenvalue weighted by molar-refractivity contribution is 7.99. The summed E-state index contributed by atoms with van der Waals surface area (Å²) >= 11 is 1.10. The topological polar surface area (TPSA) is 177 Å². The van der Waals surface area contributed by atoms with Gasteiger partial charge in [-0.25, -0.2) is 4.98 Å². The molecule has 0 spiro atoms. The molecule has 1 fully saturated rings. The maximum absolute atomic E-state index is 13.0. The van der Waals surface area contributed by atoms with Crippen LogP contribution in [0.1, 0.15) is 43.7 Å². The molecule has 0 aliphatic carbocycles. The van der Waals surface area contributed by atoms with Crippen LogP contribution in [0.4, 0.5) is 5.69 Å². The summed E-state index contributed by atoms with van der Waals surface area (Å²) in [6, 6.07) is 13.4. The molecule has 0 saturated carbocycles. The number of amides is 1. The van der Waals surface area contributed by atoms with E-state index in [1.807, 2.05) is 6.07 Å². The van der Waals surface area contributed by atoms with Gasteiger partial charge in [-0.15, -0.1) is 0 Å². The number of carbonyl (C=O) groups is 5. The van der Waals surface area contributed by atoms with Crippen LogP contribution in [-0.2, 0) is 42.9 Å². The summed E-state index contributed by atoms with van der Waals surface area (Å²) in [4.78, 5) is 65.5. The Kier molecular flexibility index (Phi) is 10.6. The molecule has 1 saturated heterocycles. The summed E-state index contributed by atoms with van der Waals surface area (Å²) in [5, 5.41) is 14.1. The van der Waals surface area contributed by atoms with Crippen molar-refractivity contribution in [2.24, 2.45) is 0 Å². The Morgan fingerprint density at radius 2 is 1.42 bits per heavy atom. The monoisotopic (exact) mass is 640 g/mol. The van der Waals surface area contributed by atoms with Crippen LogP contribution in [0.2, 0.25) is 0 Å². The lowest BCUT2D eigenvalue weighted by molar-refractivity contribution is -0.237. The summed E-state index contributed by atoms with van der Waals surface area (Å²) in [6.07, 6.45) is -4.83. The Bertz CT molecular complexity index is 1610. The highest BCUT2D eigenvalue weighted by Crippen LogP contribution is 2.38. The highest BCUT2D eigenvalue weighted by Gasteiger charge is 2.52. The van der Waals surface area contributed by atoms with Gasteiger partial charge < -0.3 is 34.1 Å². The number of hydrogen-bond donors (Lipinski definition) is 2. The minimum atomic E-state index is -1.28. The van der Waals surface area contributed by atoms with E-state index in [9.17, 15) is 29.1 Å². The summed E-state index contributed by atoms with van der Waals surface area (Å²) in [5.74, 6) is -3.54. The Morgan fingerprint density at radius 3 is 2.04 bits per heavy atom. The van der Waals surface area contributed by atoms with Crippen LogP contribution in [0, 0.1) is 6.92 Å². The minimum absolute atomic E-state index is 0.0524. The smallest absolute Gasteiger partial charge is 0.303 e. The van der Waals surface area contributed by atoms with Gasteiger partial charge in [0.15, 0.2) is 24.1 Å². The molecular weight excluding hydrogens is 608 g/mol. The highest BCUT2D eigenvalue weighted by atomic mass is 32.2. The third-order valence-electron chi connectivity index (χ3n) is 6.53. The van der Waals surface area contributed by atoms with Gasteiger partial charge in [0.05, 0.1) is 5.56 Å². The number of hydrogen-bond acceptors (Lipinski definition) is 13. The van der Waals surface area contributed by atoms with Gasteiger partial charge in [-0.3, -0.25) is 24.0 Å². The van der Waals surface area contributed by atoms with Gasteiger partial charge in [0.25, 0.3) is 5.91 Å². The number of ether oxygens (including phenoxy) is 5. The molecule has 1 aliphatic rings. The van der Waals surface area contributed by atoms with E-state index in [0.717, 1.165) is 25.6 Å². The van der Waals surface area contributed by atoms with Gasteiger partial charge in [-0.2, -0.15) is 0 Å². The van der Waals surface area contributed by atoms with Crippen molar-refractivity contribution in [3.63, 3.8) is 0 Å². The van der Waals surface area contributed by atoms with Crippen LogP contribution >= 0.6 is 11.8 Å². The molecule has 45 heavy (non-hydrogen) atoms. The third-order valence-corrected chi connectivity index (χ3v) is 7.69. The van der Waals surface area contributed by atoms with Crippen molar-refractivity contribution < 1.29 is 52.8 Å². The van der Waals surface area contributed by atoms with E-state index >= 15 is 0 Å². The number of carbonyl (C=O) groups excluding carboxylic acids is 5. The number of aromatic nitrogens is 1. The lowest BCUT2D eigenvalue weighted by atomic mass is 9.99. The van der Waals surface area contributed by atoms with Crippen LogP contribution in [0.3, 0.4) is 0 Å². The number of aromatic hydroxyl groups is 1. The average Bonchev–Trinajstić information content (AvgIpc) is 2.96. The Balaban J connectivity index is 1.56. The number of benzene rings is 2. The molecule has 0 unspecified atom stereocenters. The van der Waals surface area contributed by atoms with Crippen molar-refractivity contribution in [3.05, 3.63) is 59.8 Å². The van der Waals surface area contributed by atoms with E-state index < -0.39 is 59.6 Å². The predicted octanol–water partition coefficient (Wildman–Crippen LogP) is 3.68. The van der Waals surface area contributed by atoms with Crippen LogP contribution < -0.4 is 5.32 Å². The quantitative estimate of drug-likeness (QED) is 0.256. The molecule has 1 aromatic heterocycles. The second-order valence-electron chi connectivity index (χ2n) is 10.2. The largest absolute Gasteiger partial charge is 0.505 e. The molecule has 0 bridgehead atoms. The molecule has 3 aromatic rings. The van der Waals surface area contributed by atoms with Gasteiger partial charge in [0.1, 0.15) is 23.7 Å². The maximum atomic E-state index is 13.0. The number of nitrogens with one attached hydrogen (secondary N) is 1. The number of phenolic OH excluding ortho intramolecular Hbond substituents is 1. The number of aryl methyl sites for hydroxylation is 1. The van der Waals surface area contributed by atoms with Gasteiger partial charge in [-0.05, 0) is 43.3 Å². The zero-order valence-electron chi connectivity index (χ0n) is 25.1. The summed E-state index contributed by atoms with van der Waals surface area (Å²) < 4.78 is 27.6. The van der Waals surface area contributed by atoms with Crippen LogP contribution in [-0.4, -0.2) is 76.3 Å². The number of anilines is 1. The molecule has 0 radical (unpaired) electrons. The summed E-state index contributed by atoms with van der Waals surface area (Å²) in [7, 11) is 0. The normalized spacial score (nSPS) is 21.0. The lowest BCUT2D eigenvalue weighted by Crippen LogP contribution is -2.61. The molecule has 1 amide bonds. The van der Waals surface area contributed by atoms with Crippen molar-refractivity contribution in [2.45, 2.75) is 69.4 Å². The van der Waals surface area contributed by atoms with Crippen LogP contribution in [0.25, 0.3) is 10.9 Å². The zero-order chi connectivity index (χ0) is 32.8. The summed E-state index contributed by atoms with van der Waals surface area (Å²) in [5.41, 5.74) is 0.482. The molecule has 1 aliphatic heterocycles. The van der Waals surface area contributed by atoms with E-state index in [2.05, 4.69) is 10.3 Å². The van der Waals surface area contributed by atoms with E-state index in [4.69, 9.17) is 23.7 Å². The number of fused-ring (bicyclic) bond motifs is 1. The molecule has 238 valence electrons. The minimum Gasteiger partial charge on any atom is -0.505 e. The molecule has 2 aromatic carbocycles. The number of pyridine rings is 1. The second-order valence-corrected chi connectivity index (χ2v) is 11.3.